The van der Waals surface area contributed by atoms with E-state index in [0.29, 0.717) is 27.5 Å². The van der Waals surface area contributed by atoms with E-state index < -0.39 is 17.5 Å². The highest BCUT2D eigenvalue weighted by Gasteiger charge is 2.39. The van der Waals surface area contributed by atoms with Crippen LogP contribution in [0.2, 0.25) is 10.0 Å². The molecule has 4 aromatic rings. The van der Waals surface area contributed by atoms with Gasteiger partial charge in [-0.05, 0) is 59.2 Å². The van der Waals surface area contributed by atoms with Crippen LogP contribution in [-0.4, -0.2) is 23.2 Å². The summed E-state index contributed by atoms with van der Waals surface area (Å²) in [5.41, 5.74) is 2.13. The maximum absolute atomic E-state index is 13.1. The van der Waals surface area contributed by atoms with Crippen molar-refractivity contribution < 1.29 is 19.4 Å². The fraction of sp³-hybridized carbons (Fsp3) is 0.0357. The van der Waals surface area contributed by atoms with E-state index in [4.69, 9.17) is 27.9 Å². The van der Waals surface area contributed by atoms with Gasteiger partial charge in [0.25, 0.3) is 5.91 Å². The van der Waals surface area contributed by atoms with Gasteiger partial charge >= 0.3 is 5.97 Å². The quantitative estimate of drug-likeness (QED) is 0.144. The number of esters is 1. The molecule has 0 saturated heterocycles. The zero-order valence-electron chi connectivity index (χ0n) is 18.8. The molecule has 8 heteroatoms. The van der Waals surface area contributed by atoms with Gasteiger partial charge in [-0.25, -0.2) is 10.2 Å². The van der Waals surface area contributed by atoms with Crippen LogP contribution in [0.5, 0.6) is 5.75 Å². The number of amides is 1. The van der Waals surface area contributed by atoms with E-state index in [-0.39, 0.29) is 10.6 Å². The van der Waals surface area contributed by atoms with Crippen molar-refractivity contribution in [3.05, 3.63) is 135 Å². The number of hydrazone groups is 1. The van der Waals surface area contributed by atoms with Crippen LogP contribution in [0.15, 0.2) is 108 Å². The van der Waals surface area contributed by atoms with E-state index in [1.807, 2.05) is 0 Å². The molecule has 0 aliphatic rings. The molecule has 0 fully saturated rings. The Morgan fingerprint density at radius 3 is 1.97 bits per heavy atom. The molecular formula is C28H20Cl2N2O4. The van der Waals surface area contributed by atoms with Crippen LogP contribution >= 0.6 is 23.2 Å². The second kappa shape index (κ2) is 11.2. The molecule has 2 N–H and O–H groups in total. The normalized spacial score (nSPS) is 11.3. The second-order valence-corrected chi connectivity index (χ2v) is 8.57. The third-order valence-corrected chi connectivity index (χ3v) is 5.88. The van der Waals surface area contributed by atoms with Gasteiger partial charge < -0.3 is 9.84 Å². The molecule has 0 bridgehead atoms. The first-order valence-electron chi connectivity index (χ1n) is 10.8. The summed E-state index contributed by atoms with van der Waals surface area (Å²) in [6, 6.07) is 28.2. The average Bonchev–Trinajstić information content (AvgIpc) is 2.90. The first kappa shape index (κ1) is 25.1. The first-order chi connectivity index (χ1) is 17.4. The molecular weight excluding hydrogens is 499 g/mol. The molecule has 0 aliphatic carbocycles. The van der Waals surface area contributed by atoms with Crippen LogP contribution in [0, 0.1) is 0 Å². The maximum Gasteiger partial charge on any atom is 0.345 e. The number of nitrogens with one attached hydrogen (secondary N) is 1. The minimum Gasteiger partial charge on any atom is -0.423 e. The fourth-order valence-corrected chi connectivity index (χ4v) is 3.96. The van der Waals surface area contributed by atoms with Crippen molar-refractivity contribution >= 4 is 41.3 Å². The summed E-state index contributed by atoms with van der Waals surface area (Å²) in [5, 5.41) is 16.0. The third-order valence-electron chi connectivity index (χ3n) is 5.33. The van der Waals surface area contributed by atoms with Crippen molar-refractivity contribution in [3.8, 4) is 5.75 Å². The molecule has 0 aromatic heterocycles. The van der Waals surface area contributed by atoms with Gasteiger partial charge in [0.05, 0.1) is 16.8 Å². The molecule has 180 valence electrons. The molecule has 0 aliphatic heterocycles. The molecule has 0 heterocycles. The summed E-state index contributed by atoms with van der Waals surface area (Å²) < 4.78 is 5.35. The Labute approximate surface area is 217 Å². The number of benzene rings is 4. The molecule has 0 radical (unpaired) electrons. The summed E-state index contributed by atoms with van der Waals surface area (Å²) in [5.74, 6) is -1.03. The van der Waals surface area contributed by atoms with Crippen LogP contribution in [-0.2, 0) is 10.4 Å². The maximum atomic E-state index is 13.1. The van der Waals surface area contributed by atoms with Crippen molar-refractivity contribution in [2.75, 3.05) is 0 Å². The lowest BCUT2D eigenvalue weighted by Gasteiger charge is -2.27. The second-order valence-electron chi connectivity index (χ2n) is 7.72. The van der Waals surface area contributed by atoms with E-state index >= 15 is 0 Å². The number of rotatable bonds is 7. The number of carbonyl (C=O) groups is 2. The Morgan fingerprint density at radius 2 is 1.42 bits per heavy atom. The zero-order valence-corrected chi connectivity index (χ0v) is 20.3. The van der Waals surface area contributed by atoms with Gasteiger partial charge in [0.15, 0.2) is 5.60 Å². The minimum atomic E-state index is -1.93. The summed E-state index contributed by atoms with van der Waals surface area (Å²) in [6.45, 7) is 0. The van der Waals surface area contributed by atoms with Crippen molar-refractivity contribution in [1.82, 2.24) is 5.43 Å². The lowest BCUT2D eigenvalue weighted by Crippen LogP contribution is -2.43. The van der Waals surface area contributed by atoms with Crippen LogP contribution in [0.3, 0.4) is 0 Å². The number of hydrogen-bond acceptors (Lipinski definition) is 5. The molecule has 4 rings (SSSR count). The highest BCUT2D eigenvalue weighted by atomic mass is 35.5. The highest BCUT2D eigenvalue weighted by molar-refractivity contribution is 6.36. The Morgan fingerprint density at radius 1 is 0.833 bits per heavy atom. The van der Waals surface area contributed by atoms with Gasteiger partial charge in [-0.1, -0.05) is 83.9 Å². The van der Waals surface area contributed by atoms with Crippen molar-refractivity contribution in [1.29, 1.82) is 0 Å². The molecule has 0 saturated carbocycles. The van der Waals surface area contributed by atoms with Gasteiger partial charge in [-0.2, -0.15) is 5.10 Å². The van der Waals surface area contributed by atoms with Crippen LogP contribution in [0.4, 0.5) is 0 Å². The lowest BCUT2D eigenvalue weighted by atomic mass is 9.85. The first-order valence-corrected chi connectivity index (χ1v) is 11.6. The number of carbonyl (C=O) groups excluding carboxylic acids is 2. The smallest absolute Gasteiger partial charge is 0.345 e. The number of aliphatic hydroxyl groups is 1. The van der Waals surface area contributed by atoms with Crippen LogP contribution in [0.1, 0.15) is 27.0 Å². The molecule has 6 nitrogen and oxygen atoms in total. The molecule has 0 spiro atoms. The highest BCUT2D eigenvalue weighted by Crippen LogP contribution is 2.30. The molecule has 1 amide bonds. The lowest BCUT2D eigenvalue weighted by molar-refractivity contribution is -0.136. The number of halogens is 2. The number of hydrogen-bond donors (Lipinski definition) is 2. The standard InChI is InChI=1S/C28H20Cl2N2O4/c29-22-13-16-24(25(30)17-22)26(33)36-23-14-11-19(12-15-23)18-31-32-27(34)28(35,20-7-3-1-4-8-20)21-9-5-2-6-10-21/h1-18,35H,(H,32,34)/b31-18+. The van der Waals surface area contributed by atoms with E-state index in [9.17, 15) is 14.7 Å². The van der Waals surface area contributed by atoms with Crippen molar-refractivity contribution in [2.45, 2.75) is 5.60 Å². The third kappa shape index (κ3) is 5.63. The molecule has 0 atom stereocenters. The Bertz CT molecular complexity index is 1350. The van der Waals surface area contributed by atoms with E-state index in [0.717, 1.165) is 0 Å². The topological polar surface area (TPSA) is 88.0 Å². The molecule has 36 heavy (non-hydrogen) atoms. The monoisotopic (exact) mass is 518 g/mol. The summed E-state index contributed by atoms with van der Waals surface area (Å²) in [4.78, 5) is 25.4. The van der Waals surface area contributed by atoms with Gasteiger partial charge in [0, 0.05) is 5.02 Å². The average molecular weight is 519 g/mol. The molecule has 4 aromatic carbocycles. The van der Waals surface area contributed by atoms with E-state index in [1.54, 1.807) is 91.0 Å². The predicted octanol–water partition coefficient (Wildman–Crippen LogP) is 5.60. The summed E-state index contributed by atoms with van der Waals surface area (Å²) >= 11 is 11.9. The van der Waals surface area contributed by atoms with E-state index in [2.05, 4.69) is 10.5 Å². The summed E-state index contributed by atoms with van der Waals surface area (Å²) in [7, 11) is 0. The summed E-state index contributed by atoms with van der Waals surface area (Å²) in [6.07, 6.45) is 1.41. The largest absolute Gasteiger partial charge is 0.423 e. The zero-order chi connectivity index (χ0) is 25.5. The molecule has 0 unspecified atom stereocenters. The Hall–Kier alpha value is -3.97. The fourth-order valence-electron chi connectivity index (χ4n) is 3.47. The number of ether oxygens (including phenoxy) is 1. The van der Waals surface area contributed by atoms with Crippen LogP contribution in [0.25, 0.3) is 0 Å². The van der Waals surface area contributed by atoms with Gasteiger partial charge in [0.1, 0.15) is 5.75 Å². The van der Waals surface area contributed by atoms with Crippen molar-refractivity contribution in [2.24, 2.45) is 5.10 Å². The van der Waals surface area contributed by atoms with Gasteiger partial charge in [-0.15, -0.1) is 0 Å². The van der Waals surface area contributed by atoms with Gasteiger partial charge in [-0.3, -0.25) is 4.79 Å². The Balaban J connectivity index is 1.44. The number of nitrogens with zero attached hydrogens (tertiary/aromatic N) is 1. The Kier molecular flexibility index (Phi) is 7.80. The van der Waals surface area contributed by atoms with Crippen LogP contribution < -0.4 is 10.2 Å². The minimum absolute atomic E-state index is 0.193. The van der Waals surface area contributed by atoms with E-state index in [1.165, 1.54) is 18.3 Å². The van der Waals surface area contributed by atoms with Gasteiger partial charge in [0.2, 0.25) is 0 Å². The SMILES string of the molecule is O=C(Oc1ccc(/C=N/NC(=O)C(O)(c2ccccc2)c2ccccc2)cc1)c1ccc(Cl)cc1Cl. The predicted molar refractivity (Wildman–Crippen MR) is 139 cm³/mol. The van der Waals surface area contributed by atoms with Crippen molar-refractivity contribution in [3.63, 3.8) is 0 Å².